The van der Waals surface area contributed by atoms with Crippen molar-refractivity contribution in [1.82, 2.24) is 9.84 Å². The predicted molar refractivity (Wildman–Crippen MR) is 71.3 cm³/mol. The van der Waals surface area contributed by atoms with Gasteiger partial charge in [0.15, 0.2) is 0 Å². The maximum Gasteiger partial charge on any atom is 0.253 e. The molecule has 1 saturated heterocycles. The van der Waals surface area contributed by atoms with Gasteiger partial charge in [-0.3, -0.25) is 0 Å². The molecule has 19 heavy (non-hydrogen) atoms. The van der Waals surface area contributed by atoms with Crippen molar-refractivity contribution in [2.45, 2.75) is 50.1 Å². The van der Waals surface area contributed by atoms with Crippen molar-refractivity contribution in [3.8, 4) is 0 Å². The second-order valence-electron chi connectivity index (χ2n) is 5.08. The molecule has 2 atom stereocenters. The molecule has 0 radical (unpaired) electrons. The summed E-state index contributed by atoms with van der Waals surface area (Å²) in [6.07, 6.45) is 3.05. The second-order valence-corrected chi connectivity index (χ2v) is 6.75. The van der Waals surface area contributed by atoms with Crippen LogP contribution in [0.25, 0.3) is 0 Å². The zero-order chi connectivity index (χ0) is 14.0. The van der Waals surface area contributed by atoms with E-state index in [-0.39, 0.29) is 17.0 Å². The van der Waals surface area contributed by atoms with Crippen LogP contribution in [0.1, 0.15) is 33.1 Å². The first-order valence-corrected chi connectivity index (χ1v) is 7.95. The molecule has 106 valence electrons. The average molecular weight is 286 g/mol. The number of hydrogen-bond acceptors (Lipinski definition) is 3. The largest absolute Gasteiger partial charge is 0.253 e. The number of hydrogen-bond donors (Lipinski definition) is 1. The highest BCUT2D eigenvalue weighted by Crippen LogP contribution is 2.22. The third kappa shape index (κ3) is 3.32. The van der Waals surface area contributed by atoms with Crippen LogP contribution in [0, 0.1) is 5.82 Å². The summed E-state index contributed by atoms with van der Waals surface area (Å²) in [7, 11) is -3.63. The molecule has 0 bridgehead atoms. The van der Waals surface area contributed by atoms with E-state index >= 15 is 0 Å². The number of nitrogens with zero attached hydrogens (tertiary/aromatic N) is 1. The monoisotopic (exact) mass is 286 g/mol. The Morgan fingerprint density at radius 1 is 1.16 bits per heavy atom. The van der Waals surface area contributed by atoms with Crippen molar-refractivity contribution in [3.05, 3.63) is 30.1 Å². The molecule has 0 spiro atoms. The Morgan fingerprint density at radius 2 is 1.68 bits per heavy atom. The van der Waals surface area contributed by atoms with E-state index in [1.165, 1.54) is 12.1 Å². The van der Waals surface area contributed by atoms with Crippen molar-refractivity contribution >= 4 is 10.0 Å². The Balaban J connectivity index is 2.18. The van der Waals surface area contributed by atoms with Crippen LogP contribution in [0.5, 0.6) is 0 Å². The van der Waals surface area contributed by atoms with Crippen LogP contribution < -0.4 is 4.83 Å². The first-order valence-electron chi connectivity index (χ1n) is 6.46. The van der Waals surface area contributed by atoms with Crippen LogP contribution in [0.2, 0.25) is 0 Å². The normalized spacial score (nSPS) is 25.4. The number of hydrazine groups is 1. The summed E-state index contributed by atoms with van der Waals surface area (Å²) >= 11 is 0. The third-order valence-corrected chi connectivity index (χ3v) is 4.89. The summed E-state index contributed by atoms with van der Waals surface area (Å²) in [5.74, 6) is -0.446. The van der Waals surface area contributed by atoms with E-state index in [9.17, 15) is 12.8 Å². The van der Waals surface area contributed by atoms with E-state index in [2.05, 4.69) is 4.83 Å². The molecule has 0 amide bonds. The van der Waals surface area contributed by atoms with E-state index < -0.39 is 15.8 Å². The first kappa shape index (κ1) is 14.4. The SMILES string of the molecule is CC1CCCC(C)N1NS(=O)(=O)c1ccc(F)cc1. The van der Waals surface area contributed by atoms with Crippen LogP contribution in [-0.4, -0.2) is 25.5 Å². The molecular weight excluding hydrogens is 267 g/mol. The maximum atomic E-state index is 12.8. The number of sulfonamides is 1. The fraction of sp³-hybridized carbons (Fsp3) is 0.538. The average Bonchev–Trinajstić information content (AvgIpc) is 2.35. The summed E-state index contributed by atoms with van der Waals surface area (Å²) in [4.78, 5) is 2.70. The minimum absolute atomic E-state index is 0.0823. The van der Waals surface area contributed by atoms with Gasteiger partial charge in [0.05, 0.1) is 4.90 Å². The van der Waals surface area contributed by atoms with E-state index in [0.717, 1.165) is 31.4 Å². The van der Waals surface area contributed by atoms with Gasteiger partial charge in [-0.1, -0.05) is 6.42 Å². The van der Waals surface area contributed by atoms with Crippen LogP contribution in [0.15, 0.2) is 29.2 Å². The van der Waals surface area contributed by atoms with Crippen molar-refractivity contribution in [2.75, 3.05) is 0 Å². The van der Waals surface area contributed by atoms with Gasteiger partial charge in [-0.05, 0) is 51.0 Å². The Kier molecular flexibility index (Phi) is 4.23. The standard InChI is InChI=1S/C13H19FN2O2S/c1-10-4-3-5-11(2)16(10)15-19(17,18)13-8-6-12(14)7-9-13/h6-11,15H,3-5H2,1-2H3. The third-order valence-electron chi connectivity index (χ3n) is 3.54. The number of halogens is 1. The molecule has 4 nitrogen and oxygen atoms in total. The highest BCUT2D eigenvalue weighted by molar-refractivity contribution is 7.89. The summed E-state index contributed by atoms with van der Waals surface area (Å²) in [5, 5.41) is 1.78. The molecule has 1 aromatic carbocycles. The molecular formula is C13H19FN2O2S. The number of benzene rings is 1. The van der Waals surface area contributed by atoms with Crippen molar-refractivity contribution in [3.63, 3.8) is 0 Å². The highest BCUT2D eigenvalue weighted by atomic mass is 32.2. The van der Waals surface area contributed by atoms with Gasteiger partial charge in [0.25, 0.3) is 10.0 Å². The lowest BCUT2D eigenvalue weighted by Gasteiger charge is -2.38. The fourth-order valence-corrected chi connectivity index (χ4v) is 3.64. The molecule has 1 N–H and O–H groups in total. The van der Waals surface area contributed by atoms with E-state index in [4.69, 9.17) is 0 Å². The minimum Gasteiger partial charge on any atom is -0.225 e. The number of nitrogens with one attached hydrogen (secondary N) is 1. The van der Waals surface area contributed by atoms with Crippen LogP contribution in [0.4, 0.5) is 4.39 Å². The molecule has 1 fully saturated rings. The van der Waals surface area contributed by atoms with E-state index in [1.54, 1.807) is 5.01 Å². The number of rotatable bonds is 3. The highest BCUT2D eigenvalue weighted by Gasteiger charge is 2.29. The Morgan fingerprint density at radius 3 is 2.21 bits per heavy atom. The van der Waals surface area contributed by atoms with Crippen LogP contribution in [0.3, 0.4) is 0 Å². The summed E-state index contributed by atoms with van der Waals surface area (Å²) < 4.78 is 37.3. The quantitative estimate of drug-likeness (QED) is 0.927. The van der Waals surface area contributed by atoms with E-state index in [0.29, 0.717) is 0 Å². The topological polar surface area (TPSA) is 49.4 Å². The van der Waals surface area contributed by atoms with Crippen LogP contribution in [-0.2, 0) is 10.0 Å². The molecule has 2 unspecified atom stereocenters. The van der Waals surface area contributed by atoms with Gasteiger partial charge in [0, 0.05) is 12.1 Å². The van der Waals surface area contributed by atoms with Crippen molar-refractivity contribution < 1.29 is 12.8 Å². The second kappa shape index (κ2) is 5.56. The van der Waals surface area contributed by atoms with Crippen molar-refractivity contribution in [2.24, 2.45) is 0 Å². The Labute approximate surface area is 113 Å². The van der Waals surface area contributed by atoms with Gasteiger partial charge in [0.2, 0.25) is 0 Å². The molecule has 2 rings (SSSR count). The minimum atomic E-state index is -3.63. The lowest BCUT2D eigenvalue weighted by molar-refractivity contribution is 0.0790. The Hall–Kier alpha value is -0.980. The molecule has 1 aliphatic heterocycles. The summed E-state index contributed by atoms with van der Waals surface area (Å²) in [6.45, 7) is 4.01. The number of piperidine rings is 1. The summed E-state index contributed by atoms with van der Waals surface area (Å²) in [6, 6.07) is 5.18. The maximum absolute atomic E-state index is 12.8. The van der Waals surface area contributed by atoms with Crippen LogP contribution >= 0.6 is 0 Å². The first-order chi connectivity index (χ1) is 8.90. The molecule has 1 aromatic rings. The molecule has 6 heteroatoms. The zero-order valence-electron chi connectivity index (χ0n) is 11.1. The van der Waals surface area contributed by atoms with Gasteiger partial charge in [-0.25, -0.2) is 17.8 Å². The molecule has 0 aliphatic carbocycles. The predicted octanol–water partition coefficient (Wildman–Crippen LogP) is 2.28. The van der Waals surface area contributed by atoms with Gasteiger partial charge in [-0.15, -0.1) is 4.83 Å². The zero-order valence-corrected chi connectivity index (χ0v) is 12.0. The van der Waals surface area contributed by atoms with E-state index in [1.807, 2.05) is 13.8 Å². The van der Waals surface area contributed by atoms with Gasteiger partial charge in [0.1, 0.15) is 5.82 Å². The van der Waals surface area contributed by atoms with Gasteiger partial charge < -0.3 is 0 Å². The fourth-order valence-electron chi connectivity index (χ4n) is 2.41. The molecule has 0 saturated carbocycles. The molecule has 1 aliphatic rings. The van der Waals surface area contributed by atoms with Crippen molar-refractivity contribution in [1.29, 1.82) is 0 Å². The van der Waals surface area contributed by atoms with Gasteiger partial charge in [-0.2, -0.15) is 0 Å². The Bertz CT molecular complexity index is 520. The molecule has 1 heterocycles. The lowest BCUT2D eigenvalue weighted by atomic mass is 10.0. The molecule has 0 aromatic heterocycles. The van der Waals surface area contributed by atoms with Gasteiger partial charge >= 0.3 is 0 Å². The smallest absolute Gasteiger partial charge is 0.225 e. The summed E-state index contributed by atoms with van der Waals surface area (Å²) in [5.41, 5.74) is 0. The lowest BCUT2D eigenvalue weighted by Crippen LogP contribution is -2.53.